The minimum Gasteiger partial charge on any atom is -0.326 e. The molecule has 164 valence electrons. The first kappa shape index (κ1) is 23.0. The zero-order chi connectivity index (χ0) is 23.1. The summed E-state index contributed by atoms with van der Waals surface area (Å²) in [6.07, 6.45) is 1.43. The van der Waals surface area contributed by atoms with E-state index < -0.39 is 15.9 Å². The van der Waals surface area contributed by atoms with E-state index in [9.17, 15) is 18.0 Å². The van der Waals surface area contributed by atoms with E-state index in [2.05, 4.69) is 20.6 Å². The first-order valence-corrected chi connectivity index (χ1v) is 11.2. The van der Waals surface area contributed by atoms with Gasteiger partial charge in [0.15, 0.2) is 0 Å². The smallest absolute Gasteiger partial charge is 0.271 e. The Morgan fingerprint density at radius 1 is 0.938 bits per heavy atom. The lowest BCUT2D eigenvalue weighted by atomic mass is 10.2. The van der Waals surface area contributed by atoms with Gasteiger partial charge < -0.3 is 5.32 Å². The third kappa shape index (κ3) is 6.40. The molecule has 0 aliphatic carbocycles. The maximum absolute atomic E-state index is 12.6. The zero-order valence-corrected chi connectivity index (χ0v) is 18.4. The number of anilines is 2. The van der Waals surface area contributed by atoms with E-state index in [0.717, 1.165) is 0 Å². The number of carbonyl (C=O) groups excluding carboxylic acids is 2. The molecule has 0 saturated heterocycles. The molecule has 0 unspecified atom stereocenters. The number of hydrogen-bond donors (Lipinski definition) is 3. The van der Waals surface area contributed by atoms with Crippen molar-refractivity contribution in [3.8, 4) is 0 Å². The van der Waals surface area contributed by atoms with E-state index in [0.29, 0.717) is 22.0 Å². The SMILES string of the molecule is CC(=O)Nc1ccc(/C=N/NC(=O)c2cccc(S(=O)(=O)Nc3ccc(Cl)cc3)c2)cc1. The van der Waals surface area contributed by atoms with Gasteiger partial charge in [0.05, 0.1) is 11.1 Å². The van der Waals surface area contributed by atoms with Crippen molar-refractivity contribution in [3.05, 3.63) is 88.9 Å². The first-order chi connectivity index (χ1) is 15.2. The topological polar surface area (TPSA) is 117 Å². The van der Waals surface area contributed by atoms with Gasteiger partial charge in [0.1, 0.15) is 0 Å². The number of carbonyl (C=O) groups is 2. The number of benzene rings is 3. The lowest BCUT2D eigenvalue weighted by molar-refractivity contribution is -0.114. The maximum atomic E-state index is 12.6. The lowest BCUT2D eigenvalue weighted by Crippen LogP contribution is -2.19. The van der Waals surface area contributed by atoms with Crippen molar-refractivity contribution in [2.75, 3.05) is 10.0 Å². The molecule has 0 fully saturated rings. The highest BCUT2D eigenvalue weighted by molar-refractivity contribution is 7.92. The van der Waals surface area contributed by atoms with Crippen LogP contribution < -0.4 is 15.5 Å². The molecule has 2 amide bonds. The van der Waals surface area contributed by atoms with Gasteiger partial charge in [-0.3, -0.25) is 14.3 Å². The van der Waals surface area contributed by atoms with Gasteiger partial charge in [-0.1, -0.05) is 29.8 Å². The Morgan fingerprint density at radius 3 is 2.25 bits per heavy atom. The summed E-state index contributed by atoms with van der Waals surface area (Å²) in [6, 6.07) is 18.6. The average molecular weight is 471 g/mol. The van der Waals surface area contributed by atoms with Gasteiger partial charge in [0.25, 0.3) is 15.9 Å². The average Bonchev–Trinajstić information content (AvgIpc) is 2.76. The number of hydrogen-bond acceptors (Lipinski definition) is 5. The highest BCUT2D eigenvalue weighted by Crippen LogP contribution is 2.19. The van der Waals surface area contributed by atoms with Crippen LogP contribution in [0.2, 0.25) is 5.02 Å². The second kappa shape index (κ2) is 10.1. The van der Waals surface area contributed by atoms with Crippen molar-refractivity contribution in [3.63, 3.8) is 0 Å². The summed E-state index contributed by atoms with van der Waals surface area (Å²) in [5, 5.41) is 7.02. The molecule has 0 bridgehead atoms. The summed E-state index contributed by atoms with van der Waals surface area (Å²) in [4.78, 5) is 23.3. The summed E-state index contributed by atoms with van der Waals surface area (Å²) in [6.45, 7) is 1.42. The third-order valence-electron chi connectivity index (χ3n) is 4.11. The van der Waals surface area contributed by atoms with E-state index in [-0.39, 0.29) is 16.4 Å². The summed E-state index contributed by atoms with van der Waals surface area (Å²) in [5.41, 5.74) is 4.17. The summed E-state index contributed by atoms with van der Waals surface area (Å²) in [7, 11) is -3.90. The number of nitrogens with zero attached hydrogens (tertiary/aromatic N) is 1. The number of rotatable bonds is 7. The van der Waals surface area contributed by atoms with Crippen LogP contribution in [0.5, 0.6) is 0 Å². The molecule has 10 heteroatoms. The Balaban J connectivity index is 1.66. The van der Waals surface area contributed by atoms with E-state index in [1.54, 1.807) is 36.4 Å². The molecule has 0 saturated carbocycles. The molecule has 3 N–H and O–H groups in total. The standard InChI is InChI=1S/C22H19ClN4O4S/c1-15(28)25-19-9-5-16(6-10-19)14-24-26-22(29)17-3-2-4-21(13-17)32(30,31)27-20-11-7-18(23)8-12-20/h2-14,27H,1H3,(H,25,28)(H,26,29)/b24-14+. The van der Waals surface area contributed by atoms with Crippen molar-refractivity contribution in [1.82, 2.24) is 5.43 Å². The molecular formula is C22H19ClN4O4S. The summed E-state index contributed by atoms with van der Waals surface area (Å²) < 4.78 is 27.7. The Kier molecular flexibility index (Phi) is 7.24. The number of sulfonamides is 1. The fourth-order valence-electron chi connectivity index (χ4n) is 2.62. The largest absolute Gasteiger partial charge is 0.326 e. The number of nitrogens with one attached hydrogen (secondary N) is 3. The predicted molar refractivity (Wildman–Crippen MR) is 125 cm³/mol. The van der Waals surface area contributed by atoms with Crippen molar-refractivity contribution in [2.45, 2.75) is 11.8 Å². The van der Waals surface area contributed by atoms with Gasteiger partial charge in [-0.2, -0.15) is 5.10 Å². The van der Waals surface area contributed by atoms with Crippen LogP contribution in [-0.2, 0) is 14.8 Å². The van der Waals surface area contributed by atoms with Crippen LogP contribution in [0.1, 0.15) is 22.8 Å². The van der Waals surface area contributed by atoms with Gasteiger partial charge in [0, 0.05) is 28.9 Å². The highest BCUT2D eigenvalue weighted by Gasteiger charge is 2.16. The van der Waals surface area contributed by atoms with Crippen LogP contribution in [0.4, 0.5) is 11.4 Å². The fraction of sp³-hybridized carbons (Fsp3) is 0.0455. The Hall–Kier alpha value is -3.69. The minimum atomic E-state index is -3.90. The van der Waals surface area contributed by atoms with Crippen LogP contribution >= 0.6 is 11.6 Å². The van der Waals surface area contributed by atoms with E-state index in [4.69, 9.17) is 11.6 Å². The molecule has 0 aromatic heterocycles. The Bertz CT molecular complexity index is 1260. The Morgan fingerprint density at radius 2 is 1.59 bits per heavy atom. The van der Waals surface area contributed by atoms with Crippen molar-refractivity contribution < 1.29 is 18.0 Å². The molecule has 0 aliphatic heterocycles. The number of halogens is 1. The predicted octanol–water partition coefficient (Wildman–Crippen LogP) is 3.86. The molecule has 3 aromatic carbocycles. The monoisotopic (exact) mass is 470 g/mol. The summed E-state index contributed by atoms with van der Waals surface area (Å²) >= 11 is 5.81. The van der Waals surface area contributed by atoms with Crippen LogP contribution in [0.25, 0.3) is 0 Å². The molecule has 0 aliphatic rings. The summed E-state index contributed by atoms with van der Waals surface area (Å²) in [5.74, 6) is -0.744. The van der Waals surface area contributed by atoms with Crippen LogP contribution in [0.3, 0.4) is 0 Å². The second-order valence-corrected chi connectivity index (χ2v) is 8.76. The second-order valence-electron chi connectivity index (χ2n) is 6.64. The molecule has 0 heterocycles. The molecule has 0 radical (unpaired) electrons. The highest BCUT2D eigenvalue weighted by atomic mass is 35.5. The number of hydrazone groups is 1. The van der Waals surface area contributed by atoms with Crippen LogP contribution in [0.15, 0.2) is 82.8 Å². The molecule has 0 atom stereocenters. The van der Waals surface area contributed by atoms with Gasteiger partial charge >= 0.3 is 0 Å². The molecule has 3 aromatic rings. The van der Waals surface area contributed by atoms with Crippen LogP contribution in [0, 0.1) is 0 Å². The van der Waals surface area contributed by atoms with Gasteiger partial charge in [-0.15, -0.1) is 0 Å². The normalized spacial score (nSPS) is 11.2. The van der Waals surface area contributed by atoms with Crippen LogP contribution in [-0.4, -0.2) is 26.4 Å². The van der Waals surface area contributed by atoms with E-state index in [1.165, 1.54) is 49.5 Å². The van der Waals surface area contributed by atoms with Gasteiger partial charge in [-0.05, 0) is 60.2 Å². The number of amides is 2. The van der Waals surface area contributed by atoms with Crippen molar-refractivity contribution in [1.29, 1.82) is 0 Å². The molecule has 3 rings (SSSR count). The molecule has 8 nitrogen and oxygen atoms in total. The zero-order valence-electron chi connectivity index (χ0n) is 16.9. The fourth-order valence-corrected chi connectivity index (χ4v) is 3.85. The Labute approximate surface area is 190 Å². The first-order valence-electron chi connectivity index (χ1n) is 9.32. The molecule has 0 spiro atoms. The molecule has 32 heavy (non-hydrogen) atoms. The maximum Gasteiger partial charge on any atom is 0.271 e. The van der Waals surface area contributed by atoms with E-state index >= 15 is 0 Å². The van der Waals surface area contributed by atoms with Gasteiger partial charge in [0.2, 0.25) is 5.91 Å². The minimum absolute atomic E-state index is 0.0716. The van der Waals surface area contributed by atoms with Crippen molar-refractivity contribution >= 4 is 51.0 Å². The lowest BCUT2D eigenvalue weighted by Gasteiger charge is -2.09. The third-order valence-corrected chi connectivity index (χ3v) is 5.74. The van der Waals surface area contributed by atoms with E-state index in [1.807, 2.05) is 0 Å². The van der Waals surface area contributed by atoms with Gasteiger partial charge in [-0.25, -0.2) is 13.8 Å². The van der Waals surface area contributed by atoms with Crippen molar-refractivity contribution in [2.24, 2.45) is 5.10 Å². The quantitative estimate of drug-likeness (QED) is 0.359. The molecular weight excluding hydrogens is 452 g/mol.